The van der Waals surface area contributed by atoms with Gasteiger partial charge in [0.1, 0.15) is 16.9 Å². The largest absolute Gasteiger partial charge is 0.505 e. The second-order valence-electron chi connectivity index (χ2n) is 8.53. The SMILES string of the molecule is CC(C)Oc1ccc2c(O)c(C(=O)N(c3ccccc3)[C@@H](Cc3ccccc3)C(=O)O)nc(Cl)c2c1. The van der Waals surface area contributed by atoms with Crippen molar-refractivity contribution in [2.75, 3.05) is 4.90 Å². The summed E-state index contributed by atoms with van der Waals surface area (Å²) in [5, 5.41) is 21.9. The highest BCUT2D eigenvalue weighted by Crippen LogP contribution is 2.36. The Bertz CT molecular complexity index is 1390. The van der Waals surface area contributed by atoms with E-state index in [1.165, 1.54) is 0 Å². The lowest BCUT2D eigenvalue weighted by Gasteiger charge is -2.29. The third kappa shape index (κ3) is 5.26. The number of hydrogen-bond acceptors (Lipinski definition) is 5. The molecule has 1 amide bonds. The maximum atomic E-state index is 13.9. The molecule has 8 heteroatoms. The van der Waals surface area contributed by atoms with Crippen molar-refractivity contribution in [3.8, 4) is 11.5 Å². The van der Waals surface area contributed by atoms with E-state index in [1.807, 2.05) is 19.9 Å². The molecule has 0 aliphatic heterocycles. The Morgan fingerprint density at radius 3 is 2.22 bits per heavy atom. The van der Waals surface area contributed by atoms with Crippen molar-refractivity contribution in [1.29, 1.82) is 0 Å². The second kappa shape index (κ2) is 10.7. The third-order valence-corrected chi connectivity index (χ3v) is 5.89. The number of aromatic nitrogens is 1. The number of amides is 1. The van der Waals surface area contributed by atoms with Crippen molar-refractivity contribution in [3.63, 3.8) is 0 Å². The Morgan fingerprint density at radius 1 is 0.972 bits per heavy atom. The minimum atomic E-state index is -1.26. The van der Waals surface area contributed by atoms with E-state index in [2.05, 4.69) is 4.98 Å². The molecular weight excluding hydrogens is 480 g/mol. The summed E-state index contributed by atoms with van der Waals surface area (Å²) < 4.78 is 5.70. The highest BCUT2D eigenvalue weighted by Gasteiger charge is 2.34. The Morgan fingerprint density at radius 2 is 1.61 bits per heavy atom. The molecule has 4 aromatic rings. The first-order valence-electron chi connectivity index (χ1n) is 11.4. The highest BCUT2D eigenvalue weighted by atomic mass is 35.5. The van der Waals surface area contributed by atoms with Gasteiger partial charge in [0.2, 0.25) is 0 Å². The number of hydrogen-bond donors (Lipinski definition) is 2. The first-order valence-corrected chi connectivity index (χ1v) is 11.8. The number of benzene rings is 3. The predicted octanol–water partition coefficient (Wildman–Crippen LogP) is 5.72. The van der Waals surface area contributed by atoms with Gasteiger partial charge < -0.3 is 14.9 Å². The highest BCUT2D eigenvalue weighted by molar-refractivity contribution is 6.35. The number of aromatic hydroxyl groups is 1. The number of nitrogens with zero attached hydrogens (tertiary/aromatic N) is 2. The Labute approximate surface area is 213 Å². The van der Waals surface area contributed by atoms with Crippen LogP contribution in [0, 0.1) is 0 Å². The fourth-order valence-corrected chi connectivity index (χ4v) is 4.24. The summed E-state index contributed by atoms with van der Waals surface area (Å²) in [4.78, 5) is 31.6. The van der Waals surface area contributed by atoms with E-state index in [0.29, 0.717) is 22.2 Å². The van der Waals surface area contributed by atoms with E-state index in [-0.39, 0.29) is 29.1 Å². The standard InChI is InChI=1S/C28H25ClN2O5/c1-17(2)36-20-13-14-21-22(16-20)26(29)30-24(25(21)32)27(33)31(19-11-7-4-8-12-19)23(28(34)35)15-18-9-5-3-6-10-18/h3-14,16-17,23,32H,15H2,1-2H3,(H,34,35)/t23-/m0/s1. The molecule has 4 rings (SSSR count). The van der Waals surface area contributed by atoms with Gasteiger partial charge in [-0.3, -0.25) is 9.69 Å². The van der Waals surface area contributed by atoms with Crippen LogP contribution in [0.5, 0.6) is 11.5 Å². The molecule has 7 nitrogen and oxygen atoms in total. The van der Waals surface area contributed by atoms with Crippen LogP contribution in [0.2, 0.25) is 5.15 Å². The zero-order valence-electron chi connectivity index (χ0n) is 19.8. The van der Waals surface area contributed by atoms with Crippen LogP contribution in [0.15, 0.2) is 78.9 Å². The monoisotopic (exact) mass is 504 g/mol. The number of pyridine rings is 1. The minimum absolute atomic E-state index is 0.0108. The van der Waals surface area contributed by atoms with Gasteiger partial charge in [0, 0.05) is 22.9 Å². The topological polar surface area (TPSA) is 100.0 Å². The second-order valence-corrected chi connectivity index (χ2v) is 8.89. The van der Waals surface area contributed by atoms with Crippen LogP contribution in [-0.4, -0.2) is 39.2 Å². The maximum absolute atomic E-state index is 13.9. The normalized spacial score (nSPS) is 11.9. The van der Waals surface area contributed by atoms with Gasteiger partial charge in [0.05, 0.1) is 6.10 Å². The number of rotatable bonds is 8. The molecule has 0 unspecified atom stereocenters. The number of carboxylic acid groups (broad SMARTS) is 1. The zero-order chi connectivity index (χ0) is 25.8. The summed E-state index contributed by atoms with van der Waals surface area (Å²) in [6, 6.07) is 21.1. The number of carbonyl (C=O) groups excluding carboxylic acids is 1. The Balaban J connectivity index is 1.82. The molecule has 0 fully saturated rings. The lowest BCUT2D eigenvalue weighted by Crippen LogP contribution is -2.47. The number of ether oxygens (including phenoxy) is 1. The lowest BCUT2D eigenvalue weighted by atomic mass is 10.0. The van der Waals surface area contributed by atoms with E-state index in [1.54, 1.807) is 72.8 Å². The number of carboxylic acids is 1. The number of halogens is 1. The molecule has 1 atom stereocenters. The summed E-state index contributed by atoms with van der Waals surface area (Å²) in [5.74, 6) is -1.83. The molecule has 1 heterocycles. The molecule has 0 bridgehead atoms. The third-order valence-electron chi connectivity index (χ3n) is 5.60. The molecule has 36 heavy (non-hydrogen) atoms. The van der Waals surface area contributed by atoms with Crippen LogP contribution in [0.1, 0.15) is 29.9 Å². The molecule has 0 saturated heterocycles. The minimum Gasteiger partial charge on any atom is -0.505 e. The number of para-hydroxylation sites is 1. The molecule has 0 radical (unpaired) electrons. The molecule has 0 spiro atoms. The first kappa shape index (κ1) is 25.0. The van der Waals surface area contributed by atoms with Crippen LogP contribution in [0.25, 0.3) is 10.8 Å². The number of fused-ring (bicyclic) bond motifs is 1. The van der Waals surface area contributed by atoms with E-state index in [4.69, 9.17) is 16.3 Å². The van der Waals surface area contributed by atoms with Crippen molar-refractivity contribution in [3.05, 3.63) is 95.3 Å². The Kier molecular flexibility index (Phi) is 7.41. The molecule has 2 N–H and O–H groups in total. The van der Waals surface area contributed by atoms with E-state index >= 15 is 0 Å². The van der Waals surface area contributed by atoms with Crippen LogP contribution < -0.4 is 9.64 Å². The number of carbonyl (C=O) groups is 2. The summed E-state index contributed by atoms with van der Waals surface area (Å²) in [7, 11) is 0. The molecule has 3 aromatic carbocycles. The number of anilines is 1. The average Bonchev–Trinajstić information content (AvgIpc) is 2.86. The van der Waals surface area contributed by atoms with Crippen LogP contribution in [0.3, 0.4) is 0 Å². The van der Waals surface area contributed by atoms with Gasteiger partial charge in [-0.1, -0.05) is 60.1 Å². The van der Waals surface area contributed by atoms with E-state index < -0.39 is 17.9 Å². The summed E-state index contributed by atoms with van der Waals surface area (Å²) in [5.41, 5.74) is 0.752. The Hall–Kier alpha value is -4.10. The summed E-state index contributed by atoms with van der Waals surface area (Å²) in [6.45, 7) is 3.77. The van der Waals surface area contributed by atoms with Crippen LogP contribution in [-0.2, 0) is 11.2 Å². The van der Waals surface area contributed by atoms with Gasteiger partial charge in [-0.05, 0) is 49.7 Å². The van der Waals surface area contributed by atoms with Crippen molar-refractivity contribution in [2.45, 2.75) is 32.4 Å². The van der Waals surface area contributed by atoms with Crippen molar-refractivity contribution < 1.29 is 24.5 Å². The molecule has 0 aliphatic rings. The van der Waals surface area contributed by atoms with Crippen molar-refractivity contribution in [2.24, 2.45) is 0 Å². The van der Waals surface area contributed by atoms with Gasteiger partial charge in [-0.2, -0.15) is 0 Å². The van der Waals surface area contributed by atoms with Gasteiger partial charge in [0.25, 0.3) is 5.91 Å². The molecule has 1 aromatic heterocycles. The van der Waals surface area contributed by atoms with Crippen molar-refractivity contribution >= 4 is 39.9 Å². The summed E-state index contributed by atoms with van der Waals surface area (Å²) in [6.07, 6.45) is -0.0185. The van der Waals surface area contributed by atoms with E-state index in [9.17, 15) is 19.8 Å². The number of aliphatic carboxylic acids is 1. The fraction of sp³-hybridized carbons (Fsp3) is 0.179. The van der Waals surface area contributed by atoms with Gasteiger partial charge in [-0.25, -0.2) is 9.78 Å². The maximum Gasteiger partial charge on any atom is 0.327 e. The molecule has 184 valence electrons. The lowest BCUT2D eigenvalue weighted by molar-refractivity contribution is -0.138. The van der Waals surface area contributed by atoms with Gasteiger partial charge in [0.15, 0.2) is 11.4 Å². The van der Waals surface area contributed by atoms with Crippen molar-refractivity contribution in [1.82, 2.24) is 4.98 Å². The fourth-order valence-electron chi connectivity index (χ4n) is 4.00. The predicted molar refractivity (Wildman–Crippen MR) is 139 cm³/mol. The van der Waals surface area contributed by atoms with Crippen LogP contribution >= 0.6 is 11.6 Å². The van der Waals surface area contributed by atoms with Gasteiger partial charge in [-0.15, -0.1) is 0 Å². The quantitative estimate of drug-likeness (QED) is 0.297. The average molecular weight is 505 g/mol. The smallest absolute Gasteiger partial charge is 0.327 e. The van der Waals surface area contributed by atoms with E-state index in [0.717, 1.165) is 10.5 Å². The van der Waals surface area contributed by atoms with Crippen LogP contribution in [0.4, 0.5) is 5.69 Å². The molecular formula is C28H25ClN2O5. The molecule has 0 aliphatic carbocycles. The van der Waals surface area contributed by atoms with Gasteiger partial charge >= 0.3 is 5.97 Å². The first-order chi connectivity index (χ1) is 17.3. The summed E-state index contributed by atoms with van der Waals surface area (Å²) >= 11 is 6.44. The molecule has 0 saturated carbocycles. The zero-order valence-corrected chi connectivity index (χ0v) is 20.5.